The van der Waals surface area contributed by atoms with E-state index in [9.17, 15) is 9.59 Å². The van der Waals surface area contributed by atoms with Crippen LogP contribution < -0.4 is 0 Å². The minimum Gasteiger partial charge on any atom is -0.468 e. The lowest BCUT2D eigenvalue weighted by molar-refractivity contribution is -0.158. The van der Waals surface area contributed by atoms with Gasteiger partial charge in [0, 0.05) is 13.0 Å². The molecule has 0 fully saturated rings. The zero-order valence-electron chi connectivity index (χ0n) is 17.0. The van der Waals surface area contributed by atoms with Crippen molar-refractivity contribution in [1.82, 2.24) is 0 Å². The van der Waals surface area contributed by atoms with Crippen LogP contribution in [0.2, 0.25) is 0 Å². The van der Waals surface area contributed by atoms with Gasteiger partial charge in [0.1, 0.15) is 18.1 Å². The van der Waals surface area contributed by atoms with Crippen molar-refractivity contribution in [2.45, 2.75) is 71.3 Å². The van der Waals surface area contributed by atoms with E-state index in [1.807, 2.05) is 0 Å². The minimum atomic E-state index is -1.02. The SMILES string of the molecule is CCCCCCCCCCOCc1ccc(CC(C(=O)OC)C(=O)OC)o1. The number of methoxy groups -OCH3 is 2. The lowest BCUT2D eigenvalue weighted by Gasteiger charge is -2.10. The van der Waals surface area contributed by atoms with Crippen LogP contribution in [0.4, 0.5) is 0 Å². The maximum atomic E-state index is 11.7. The Morgan fingerprint density at radius 2 is 1.44 bits per heavy atom. The van der Waals surface area contributed by atoms with Crippen molar-refractivity contribution >= 4 is 11.9 Å². The predicted octanol–water partition coefficient (Wildman–Crippen LogP) is 4.44. The third kappa shape index (κ3) is 9.61. The Hall–Kier alpha value is -1.82. The van der Waals surface area contributed by atoms with Crippen LogP contribution in [-0.4, -0.2) is 32.8 Å². The fourth-order valence-electron chi connectivity index (χ4n) is 2.87. The Morgan fingerprint density at radius 1 is 0.889 bits per heavy atom. The zero-order chi connectivity index (χ0) is 19.9. The molecule has 0 spiro atoms. The quantitative estimate of drug-likeness (QED) is 0.254. The van der Waals surface area contributed by atoms with Crippen LogP contribution in [-0.2, 0) is 36.8 Å². The predicted molar refractivity (Wildman–Crippen MR) is 102 cm³/mol. The first kappa shape index (κ1) is 23.2. The maximum absolute atomic E-state index is 11.7. The second-order valence-corrected chi connectivity index (χ2v) is 6.70. The molecule has 0 saturated carbocycles. The van der Waals surface area contributed by atoms with Crippen LogP contribution in [0.25, 0.3) is 0 Å². The number of carbonyl (C=O) groups excluding carboxylic acids is 2. The Kier molecular flexibility index (Phi) is 12.3. The molecule has 6 nitrogen and oxygen atoms in total. The highest BCUT2D eigenvalue weighted by molar-refractivity contribution is 5.95. The minimum absolute atomic E-state index is 0.109. The van der Waals surface area contributed by atoms with Crippen molar-refractivity contribution in [1.29, 1.82) is 0 Å². The number of unbranched alkanes of at least 4 members (excludes halogenated alkanes) is 7. The molecule has 1 aromatic heterocycles. The normalized spacial score (nSPS) is 11.0. The van der Waals surface area contributed by atoms with E-state index in [1.54, 1.807) is 12.1 Å². The number of carbonyl (C=O) groups is 2. The summed E-state index contributed by atoms with van der Waals surface area (Å²) in [6.45, 7) is 3.32. The van der Waals surface area contributed by atoms with Gasteiger partial charge in [-0.15, -0.1) is 0 Å². The fourth-order valence-corrected chi connectivity index (χ4v) is 2.87. The van der Waals surface area contributed by atoms with Crippen LogP contribution in [0.1, 0.15) is 69.8 Å². The first-order chi connectivity index (χ1) is 13.1. The summed E-state index contributed by atoms with van der Waals surface area (Å²) >= 11 is 0. The number of rotatable bonds is 15. The van der Waals surface area contributed by atoms with Crippen LogP contribution in [0.3, 0.4) is 0 Å². The molecule has 0 bridgehead atoms. The van der Waals surface area contributed by atoms with Gasteiger partial charge in [-0.05, 0) is 18.6 Å². The van der Waals surface area contributed by atoms with E-state index in [1.165, 1.54) is 59.2 Å². The lowest BCUT2D eigenvalue weighted by atomic mass is 10.0. The topological polar surface area (TPSA) is 75.0 Å². The van der Waals surface area contributed by atoms with Gasteiger partial charge < -0.3 is 18.6 Å². The van der Waals surface area contributed by atoms with Crippen LogP contribution in [0, 0.1) is 5.92 Å². The van der Waals surface area contributed by atoms with E-state index in [2.05, 4.69) is 16.4 Å². The Labute approximate surface area is 162 Å². The molecule has 1 heterocycles. The van der Waals surface area contributed by atoms with Gasteiger partial charge in [-0.1, -0.05) is 51.9 Å². The monoisotopic (exact) mass is 382 g/mol. The van der Waals surface area contributed by atoms with Gasteiger partial charge in [-0.25, -0.2) is 0 Å². The highest BCUT2D eigenvalue weighted by atomic mass is 16.5. The number of furan rings is 1. The average molecular weight is 382 g/mol. The van der Waals surface area contributed by atoms with Gasteiger partial charge >= 0.3 is 11.9 Å². The lowest BCUT2D eigenvalue weighted by Crippen LogP contribution is -2.28. The fraction of sp³-hybridized carbons (Fsp3) is 0.714. The molecule has 154 valence electrons. The zero-order valence-corrected chi connectivity index (χ0v) is 17.0. The summed E-state index contributed by atoms with van der Waals surface area (Å²) in [5.74, 6) is -1.08. The molecule has 0 aromatic carbocycles. The summed E-state index contributed by atoms with van der Waals surface area (Å²) in [7, 11) is 2.48. The molecule has 0 aliphatic carbocycles. The smallest absolute Gasteiger partial charge is 0.320 e. The van der Waals surface area contributed by atoms with Crippen molar-refractivity contribution in [3.63, 3.8) is 0 Å². The molecule has 0 saturated heterocycles. The van der Waals surface area contributed by atoms with Crippen molar-refractivity contribution < 1.29 is 28.2 Å². The van der Waals surface area contributed by atoms with Crippen LogP contribution in [0.5, 0.6) is 0 Å². The standard InChI is InChI=1S/C21H34O6/c1-4-5-6-7-8-9-10-11-14-26-16-18-13-12-17(27-18)15-19(20(22)24-2)21(23)25-3/h12-13,19H,4-11,14-16H2,1-3H3. The van der Waals surface area contributed by atoms with Gasteiger partial charge in [0.15, 0.2) is 5.92 Å². The molecular weight excluding hydrogens is 348 g/mol. The van der Waals surface area contributed by atoms with Crippen LogP contribution >= 0.6 is 0 Å². The summed E-state index contributed by atoms with van der Waals surface area (Å²) in [5, 5.41) is 0. The Morgan fingerprint density at radius 3 is 2.04 bits per heavy atom. The highest BCUT2D eigenvalue weighted by Crippen LogP contribution is 2.16. The van der Waals surface area contributed by atoms with Crippen molar-refractivity contribution in [2.24, 2.45) is 5.92 Å². The summed E-state index contributed by atoms with van der Waals surface area (Å²) < 4.78 is 20.6. The summed E-state index contributed by atoms with van der Waals surface area (Å²) in [5.41, 5.74) is 0. The summed E-state index contributed by atoms with van der Waals surface area (Å²) in [6, 6.07) is 3.54. The van der Waals surface area contributed by atoms with E-state index in [0.717, 1.165) is 6.42 Å². The Balaban J connectivity index is 2.22. The summed E-state index contributed by atoms with van der Waals surface area (Å²) in [4.78, 5) is 23.4. The van der Waals surface area contributed by atoms with Gasteiger partial charge in [0.25, 0.3) is 0 Å². The van der Waals surface area contributed by atoms with E-state index in [4.69, 9.17) is 9.15 Å². The van der Waals surface area contributed by atoms with Crippen molar-refractivity contribution in [2.75, 3.05) is 20.8 Å². The number of esters is 2. The molecule has 0 aliphatic rings. The molecular formula is C21H34O6. The first-order valence-electron chi connectivity index (χ1n) is 9.93. The van der Waals surface area contributed by atoms with Crippen molar-refractivity contribution in [3.8, 4) is 0 Å². The molecule has 1 aromatic rings. The van der Waals surface area contributed by atoms with Crippen LogP contribution in [0.15, 0.2) is 16.5 Å². The van der Waals surface area contributed by atoms with E-state index in [0.29, 0.717) is 24.7 Å². The molecule has 0 amide bonds. The molecule has 27 heavy (non-hydrogen) atoms. The second kappa shape index (κ2) is 14.3. The van der Waals surface area contributed by atoms with Crippen molar-refractivity contribution in [3.05, 3.63) is 23.7 Å². The third-order valence-electron chi connectivity index (χ3n) is 4.48. The molecule has 0 atom stereocenters. The molecule has 1 rings (SSSR count). The maximum Gasteiger partial charge on any atom is 0.320 e. The molecule has 0 N–H and O–H groups in total. The van der Waals surface area contributed by atoms with Gasteiger partial charge in [-0.2, -0.15) is 0 Å². The van der Waals surface area contributed by atoms with E-state index >= 15 is 0 Å². The number of hydrogen-bond acceptors (Lipinski definition) is 6. The number of hydrogen-bond donors (Lipinski definition) is 0. The van der Waals surface area contributed by atoms with Gasteiger partial charge in [0.2, 0.25) is 0 Å². The average Bonchev–Trinajstić information content (AvgIpc) is 3.13. The highest BCUT2D eigenvalue weighted by Gasteiger charge is 2.30. The van der Waals surface area contributed by atoms with E-state index in [-0.39, 0.29) is 6.42 Å². The second-order valence-electron chi connectivity index (χ2n) is 6.70. The van der Waals surface area contributed by atoms with E-state index < -0.39 is 17.9 Å². The Bertz CT molecular complexity index is 521. The third-order valence-corrected chi connectivity index (χ3v) is 4.48. The van der Waals surface area contributed by atoms with Gasteiger partial charge in [0.05, 0.1) is 14.2 Å². The first-order valence-corrected chi connectivity index (χ1v) is 9.93. The molecule has 6 heteroatoms. The molecule has 0 unspecified atom stereocenters. The number of ether oxygens (including phenoxy) is 3. The van der Waals surface area contributed by atoms with Gasteiger partial charge in [-0.3, -0.25) is 9.59 Å². The molecule has 0 radical (unpaired) electrons. The molecule has 0 aliphatic heterocycles. The largest absolute Gasteiger partial charge is 0.468 e. The summed E-state index contributed by atoms with van der Waals surface area (Å²) in [6.07, 6.45) is 10.2.